The van der Waals surface area contributed by atoms with Gasteiger partial charge in [0.1, 0.15) is 0 Å². The maximum Gasteiger partial charge on any atom is 0.352 e. The van der Waals surface area contributed by atoms with Crippen LogP contribution in [0.1, 0.15) is 16.7 Å². The molecule has 0 saturated heterocycles. The Morgan fingerprint density at radius 1 is 1.29 bits per heavy atom. The fraction of sp³-hybridized carbons (Fsp3) is 0.273. The maximum atomic E-state index is 11.0. The zero-order chi connectivity index (χ0) is 13.2. The van der Waals surface area contributed by atoms with Gasteiger partial charge in [-0.1, -0.05) is 18.2 Å². The van der Waals surface area contributed by atoms with Gasteiger partial charge in [0.05, 0.1) is 0 Å². The third kappa shape index (κ3) is 2.11. The number of halogens is 1. The highest BCUT2D eigenvalue weighted by molar-refractivity contribution is 6.17. The van der Waals surface area contributed by atoms with Crippen molar-refractivity contribution in [3.63, 3.8) is 0 Å². The number of benzene rings is 1. The van der Waals surface area contributed by atoms with E-state index in [1.165, 1.54) is 12.1 Å². The van der Waals surface area contributed by atoms with Gasteiger partial charge in [0.15, 0.2) is 0 Å². The first kappa shape index (κ1) is 13.5. The van der Waals surface area contributed by atoms with E-state index in [1.807, 2.05) is 0 Å². The average Bonchev–Trinajstić information content (AvgIpc) is 2.26. The second-order valence-corrected chi connectivity index (χ2v) is 3.82. The molecule has 92 valence electrons. The molecule has 1 aromatic rings. The summed E-state index contributed by atoms with van der Waals surface area (Å²) in [5, 5.41) is 27.6. The zero-order valence-electron chi connectivity index (χ0n) is 8.98. The first-order chi connectivity index (χ1) is 7.85. The Labute approximate surface area is 102 Å². The highest BCUT2D eigenvalue weighted by atomic mass is 35.5. The fourth-order valence-electron chi connectivity index (χ4n) is 1.54. The van der Waals surface area contributed by atoms with Crippen LogP contribution in [0.15, 0.2) is 18.2 Å². The molecule has 5 nitrogen and oxygen atoms in total. The molecule has 0 aliphatic carbocycles. The van der Waals surface area contributed by atoms with Gasteiger partial charge in [-0.05, 0) is 18.1 Å². The molecule has 6 heteroatoms. The van der Waals surface area contributed by atoms with E-state index in [2.05, 4.69) is 0 Å². The third-order valence-corrected chi connectivity index (χ3v) is 2.82. The van der Waals surface area contributed by atoms with Crippen LogP contribution < -0.4 is 0 Å². The van der Waals surface area contributed by atoms with E-state index in [1.54, 1.807) is 13.0 Å². The molecule has 1 rings (SSSR count). The molecule has 0 unspecified atom stereocenters. The first-order valence-corrected chi connectivity index (χ1v) is 5.23. The van der Waals surface area contributed by atoms with Crippen molar-refractivity contribution >= 4 is 23.5 Å². The molecule has 0 heterocycles. The lowest BCUT2D eigenvalue weighted by molar-refractivity contribution is -0.177. The van der Waals surface area contributed by atoms with Crippen LogP contribution in [0.25, 0.3) is 0 Å². The molecule has 0 spiro atoms. The van der Waals surface area contributed by atoms with Crippen molar-refractivity contribution in [1.29, 1.82) is 0 Å². The second-order valence-electron chi connectivity index (χ2n) is 3.56. The topological polar surface area (TPSA) is 94.8 Å². The van der Waals surface area contributed by atoms with E-state index in [9.17, 15) is 14.7 Å². The average molecular weight is 259 g/mol. The van der Waals surface area contributed by atoms with Gasteiger partial charge in [-0.15, -0.1) is 11.6 Å². The summed E-state index contributed by atoms with van der Waals surface area (Å²) in [5.41, 5.74) is -2.26. The minimum atomic E-state index is -2.98. The van der Waals surface area contributed by atoms with Gasteiger partial charge in [-0.3, -0.25) is 0 Å². The van der Waals surface area contributed by atoms with Gasteiger partial charge >= 0.3 is 11.9 Å². The molecule has 0 aliphatic heterocycles. The summed E-state index contributed by atoms with van der Waals surface area (Å²) < 4.78 is 0. The van der Waals surface area contributed by atoms with Crippen LogP contribution in [0.2, 0.25) is 0 Å². The summed E-state index contributed by atoms with van der Waals surface area (Å²) in [7, 11) is 0. The number of aliphatic carboxylic acids is 2. The predicted octanol–water partition coefficient (Wildman–Crippen LogP) is 1.09. The molecular formula is C11H11ClO5. The van der Waals surface area contributed by atoms with Crippen molar-refractivity contribution < 1.29 is 24.9 Å². The van der Waals surface area contributed by atoms with Crippen LogP contribution in [-0.2, 0) is 21.1 Å². The van der Waals surface area contributed by atoms with Crippen LogP contribution in [0.4, 0.5) is 0 Å². The maximum absolute atomic E-state index is 11.0. The molecule has 0 amide bonds. The summed E-state index contributed by atoms with van der Waals surface area (Å²) in [4.78, 5) is 21.9. The van der Waals surface area contributed by atoms with E-state index in [4.69, 9.17) is 21.8 Å². The minimum Gasteiger partial charge on any atom is -0.478 e. The molecule has 0 radical (unpaired) electrons. The zero-order valence-corrected chi connectivity index (χ0v) is 9.73. The Bertz CT molecular complexity index is 455. The summed E-state index contributed by atoms with van der Waals surface area (Å²) >= 11 is 5.66. The molecule has 0 atom stereocenters. The molecule has 0 fully saturated rings. The molecule has 0 aromatic heterocycles. The van der Waals surface area contributed by atoms with Crippen molar-refractivity contribution in [3.8, 4) is 0 Å². The van der Waals surface area contributed by atoms with Gasteiger partial charge in [0.2, 0.25) is 0 Å². The van der Waals surface area contributed by atoms with Gasteiger partial charge in [-0.25, -0.2) is 9.59 Å². The Hall–Kier alpha value is -1.59. The van der Waals surface area contributed by atoms with E-state index in [0.717, 1.165) is 0 Å². The quantitative estimate of drug-likeness (QED) is 0.555. The van der Waals surface area contributed by atoms with Crippen LogP contribution in [0.5, 0.6) is 0 Å². The van der Waals surface area contributed by atoms with Crippen LogP contribution in [-0.4, -0.2) is 27.3 Å². The fourth-order valence-corrected chi connectivity index (χ4v) is 1.90. The summed E-state index contributed by atoms with van der Waals surface area (Å²) in [6, 6.07) is 4.37. The van der Waals surface area contributed by atoms with E-state index < -0.39 is 17.5 Å². The number of alkyl halides is 1. The third-order valence-electron chi connectivity index (χ3n) is 2.55. The first-order valence-electron chi connectivity index (χ1n) is 4.69. The van der Waals surface area contributed by atoms with Crippen LogP contribution in [0, 0.1) is 6.92 Å². The monoisotopic (exact) mass is 258 g/mol. The highest BCUT2D eigenvalue weighted by Crippen LogP contribution is 2.28. The van der Waals surface area contributed by atoms with Crippen molar-refractivity contribution in [3.05, 3.63) is 34.9 Å². The Morgan fingerprint density at radius 2 is 1.82 bits per heavy atom. The molecular weight excluding hydrogens is 248 g/mol. The van der Waals surface area contributed by atoms with E-state index in [0.29, 0.717) is 11.1 Å². The number of carboxylic acid groups (broad SMARTS) is 2. The molecule has 17 heavy (non-hydrogen) atoms. The summed E-state index contributed by atoms with van der Waals surface area (Å²) in [5.74, 6) is -3.77. The number of aliphatic hydroxyl groups is 1. The Kier molecular flexibility index (Phi) is 3.75. The molecule has 0 bridgehead atoms. The smallest absolute Gasteiger partial charge is 0.352 e. The lowest BCUT2D eigenvalue weighted by atomic mass is 9.88. The molecule has 0 aliphatic rings. The lowest BCUT2D eigenvalue weighted by Gasteiger charge is -2.22. The number of carboxylic acids is 2. The lowest BCUT2D eigenvalue weighted by Crippen LogP contribution is -2.44. The largest absolute Gasteiger partial charge is 0.478 e. The van der Waals surface area contributed by atoms with Gasteiger partial charge in [0.25, 0.3) is 5.60 Å². The van der Waals surface area contributed by atoms with Crippen LogP contribution >= 0.6 is 11.6 Å². The van der Waals surface area contributed by atoms with Gasteiger partial charge in [-0.2, -0.15) is 0 Å². The summed E-state index contributed by atoms with van der Waals surface area (Å²) in [6.07, 6.45) is 0. The Morgan fingerprint density at radius 3 is 2.24 bits per heavy atom. The predicted molar refractivity (Wildman–Crippen MR) is 59.9 cm³/mol. The van der Waals surface area contributed by atoms with Gasteiger partial charge < -0.3 is 15.3 Å². The number of hydrogen-bond acceptors (Lipinski definition) is 3. The van der Waals surface area contributed by atoms with Gasteiger partial charge in [0, 0.05) is 11.4 Å². The summed E-state index contributed by atoms with van der Waals surface area (Å²) in [6.45, 7) is 1.66. The number of aryl methyl sites for hydroxylation is 1. The van der Waals surface area contributed by atoms with Crippen molar-refractivity contribution in [1.82, 2.24) is 0 Å². The number of carbonyl (C=O) groups is 2. The standard InChI is InChI=1S/C11H11ClO5/c1-6-3-2-4-8(7(6)5-12)11(17,9(13)14)10(15)16/h2-4,17H,5H2,1H3,(H,13,14)(H,15,16). The van der Waals surface area contributed by atoms with Crippen LogP contribution in [0.3, 0.4) is 0 Å². The SMILES string of the molecule is Cc1cccc(C(O)(C(=O)O)C(=O)O)c1CCl. The van der Waals surface area contributed by atoms with Crippen molar-refractivity contribution in [2.24, 2.45) is 0 Å². The Balaban J connectivity index is 3.55. The molecule has 1 aromatic carbocycles. The van der Waals surface area contributed by atoms with Crippen molar-refractivity contribution in [2.45, 2.75) is 18.4 Å². The molecule has 3 N–H and O–H groups in total. The minimum absolute atomic E-state index is 0.0785. The van der Waals surface area contributed by atoms with E-state index in [-0.39, 0.29) is 11.4 Å². The molecule has 0 saturated carbocycles. The number of rotatable bonds is 4. The normalized spacial score (nSPS) is 11.2. The second kappa shape index (κ2) is 4.73. The highest BCUT2D eigenvalue weighted by Gasteiger charge is 2.48. The van der Waals surface area contributed by atoms with Crippen molar-refractivity contribution in [2.75, 3.05) is 0 Å². The number of hydrogen-bond donors (Lipinski definition) is 3. The van der Waals surface area contributed by atoms with E-state index >= 15 is 0 Å².